The molecule has 2 aromatic carbocycles. The lowest BCUT2D eigenvalue weighted by Crippen LogP contribution is -2.42. The molecule has 0 aliphatic carbocycles. The van der Waals surface area contributed by atoms with Gasteiger partial charge in [-0.3, -0.25) is 9.59 Å². The number of anilines is 1. The Morgan fingerprint density at radius 1 is 1.08 bits per heavy atom. The van der Waals surface area contributed by atoms with Crippen molar-refractivity contribution in [2.45, 2.75) is 45.1 Å². The zero-order valence-electron chi connectivity index (χ0n) is 20.5. The third kappa shape index (κ3) is 6.71. The van der Waals surface area contributed by atoms with E-state index in [1.54, 1.807) is 18.2 Å². The number of nitrogens with one attached hydrogen (secondary N) is 1. The number of rotatable bonds is 6. The minimum Gasteiger partial charge on any atom is -0.335 e. The number of carbonyl (C=O) groups excluding carboxylic acids is 2. The monoisotopic (exact) mass is 575 g/mol. The van der Waals surface area contributed by atoms with E-state index in [-0.39, 0.29) is 67.7 Å². The lowest BCUT2D eigenvalue weighted by Gasteiger charge is -2.30. The van der Waals surface area contributed by atoms with E-state index in [1.807, 2.05) is 0 Å². The number of imidazole rings is 1. The maximum atomic E-state index is 14.0. The van der Waals surface area contributed by atoms with Crippen LogP contribution in [-0.2, 0) is 35.3 Å². The van der Waals surface area contributed by atoms with E-state index in [4.69, 9.17) is 5.73 Å². The quantitative estimate of drug-likeness (QED) is 0.330. The van der Waals surface area contributed by atoms with Gasteiger partial charge in [0.25, 0.3) is 0 Å². The van der Waals surface area contributed by atoms with Gasteiger partial charge in [0, 0.05) is 49.8 Å². The molecule has 3 N–H and O–H groups in total. The lowest BCUT2D eigenvalue weighted by atomic mass is 10.0. The minimum absolute atomic E-state index is 0. The fourth-order valence-corrected chi connectivity index (χ4v) is 4.40. The second-order valence-electron chi connectivity index (χ2n) is 8.98. The number of nitrogens with two attached hydrogens (primary N) is 1. The number of hydrogen-bond acceptors (Lipinski definition) is 4. The standard InChI is InChI=1S/C25H23F6N5O2.ClH/c1-13(37)33-17-4-2-3-14(8-17)23-21-12-35(5-6-36(21)24(34-23)25(29,30)31)22(38)10-16(32)7-15-9-19(27)20(28)11-18(15)26;/h2-4,8-9,11,16H,5-7,10,12,32H2,1H3,(H,33,37);1H. The number of halogens is 7. The molecule has 1 aliphatic rings. The van der Waals surface area contributed by atoms with Gasteiger partial charge in [0.15, 0.2) is 11.6 Å². The predicted molar refractivity (Wildman–Crippen MR) is 132 cm³/mol. The van der Waals surface area contributed by atoms with E-state index in [0.717, 1.165) is 4.57 Å². The highest BCUT2D eigenvalue weighted by molar-refractivity contribution is 5.89. The van der Waals surface area contributed by atoms with Crippen LogP contribution in [0.2, 0.25) is 0 Å². The van der Waals surface area contributed by atoms with Crippen molar-refractivity contribution in [3.63, 3.8) is 0 Å². The zero-order chi connectivity index (χ0) is 27.8. The van der Waals surface area contributed by atoms with Crippen molar-refractivity contribution in [1.82, 2.24) is 14.5 Å². The summed E-state index contributed by atoms with van der Waals surface area (Å²) in [5, 5.41) is 2.57. The van der Waals surface area contributed by atoms with Crippen LogP contribution in [0, 0.1) is 17.5 Å². The predicted octanol–water partition coefficient (Wildman–Crippen LogP) is 4.67. The average molecular weight is 576 g/mol. The Morgan fingerprint density at radius 3 is 2.44 bits per heavy atom. The Bertz CT molecular complexity index is 1390. The van der Waals surface area contributed by atoms with Crippen molar-refractivity contribution < 1.29 is 35.9 Å². The molecule has 3 aromatic rings. The van der Waals surface area contributed by atoms with E-state index < -0.39 is 41.4 Å². The van der Waals surface area contributed by atoms with Gasteiger partial charge in [0.2, 0.25) is 17.6 Å². The fourth-order valence-electron chi connectivity index (χ4n) is 4.40. The average Bonchev–Trinajstić information content (AvgIpc) is 3.22. The molecule has 0 saturated carbocycles. The molecule has 7 nitrogen and oxygen atoms in total. The summed E-state index contributed by atoms with van der Waals surface area (Å²) in [5.41, 5.74) is 6.62. The van der Waals surface area contributed by atoms with Gasteiger partial charge >= 0.3 is 6.18 Å². The van der Waals surface area contributed by atoms with Crippen LogP contribution < -0.4 is 11.1 Å². The number of hydrogen-bond donors (Lipinski definition) is 2. The van der Waals surface area contributed by atoms with Gasteiger partial charge in [-0.15, -0.1) is 12.4 Å². The number of carbonyl (C=O) groups is 2. The summed E-state index contributed by atoms with van der Waals surface area (Å²) in [5.74, 6) is -5.57. The first-order chi connectivity index (χ1) is 17.8. The number of alkyl halides is 3. The van der Waals surface area contributed by atoms with Gasteiger partial charge in [-0.05, 0) is 30.2 Å². The van der Waals surface area contributed by atoms with Gasteiger partial charge in [-0.1, -0.05) is 12.1 Å². The van der Waals surface area contributed by atoms with Gasteiger partial charge in [-0.25, -0.2) is 18.2 Å². The molecule has 1 unspecified atom stereocenters. The Hall–Kier alpha value is -3.58. The van der Waals surface area contributed by atoms with Gasteiger partial charge in [-0.2, -0.15) is 13.2 Å². The first-order valence-corrected chi connectivity index (χ1v) is 11.5. The summed E-state index contributed by atoms with van der Waals surface area (Å²) < 4.78 is 82.9. The third-order valence-electron chi connectivity index (χ3n) is 6.08. The van der Waals surface area contributed by atoms with Crippen LogP contribution >= 0.6 is 12.4 Å². The highest BCUT2D eigenvalue weighted by atomic mass is 35.5. The largest absolute Gasteiger partial charge is 0.449 e. The Morgan fingerprint density at radius 2 is 1.77 bits per heavy atom. The number of amides is 2. The van der Waals surface area contributed by atoms with Crippen molar-refractivity contribution in [3.05, 3.63) is 70.9 Å². The molecule has 0 spiro atoms. The Labute approximate surface area is 225 Å². The van der Waals surface area contributed by atoms with Crippen LogP contribution in [0.5, 0.6) is 0 Å². The number of benzene rings is 2. The lowest BCUT2D eigenvalue weighted by molar-refractivity contribution is -0.148. The van der Waals surface area contributed by atoms with Crippen molar-refractivity contribution in [2.75, 3.05) is 11.9 Å². The van der Waals surface area contributed by atoms with E-state index in [2.05, 4.69) is 10.3 Å². The molecule has 14 heteroatoms. The molecular weight excluding hydrogens is 552 g/mol. The molecule has 39 heavy (non-hydrogen) atoms. The molecule has 0 fully saturated rings. The molecule has 1 aromatic heterocycles. The van der Waals surface area contributed by atoms with E-state index >= 15 is 0 Å². The maximum Gasteiger partial charge on any atom is 0.449 e. The first kappa shape index (κ1) is 30.0. The summed E-state index contributed by atoms with van der Waals surface area (Å²) >= 11 is 0. The molecular formula is C25H24ClF6N5O2. The molecule has 0 radical (unpaired) electrons. The molecule has 2 amide bonds. The zero-order valence-corrected chi connectivity index (χ0v) is 21.3. The summed E-state index contributed by atoms with van der Waals surface area (Å²) in [4.78, 5) is 29.5. The smallest absolute Gasteiger partial charge is 0.335 e. The van der Waals surface area contributed by atoms with Crippen molar-refractivity contribution >= 4 is 29.9 Å². The Kier molecular flexibility index (Phi) is 8.96. The van der Waals surface area contributed by atoms with Crippen molar-refractivity contribution in [2.24, 2.45) is 5.73 Å². The van der Waals surface area contributed by atoms with Crippen LogP contribution in [0.25, 0.3) is 11.3 Å². The number of aromatic nitrogens is 2. The molecule has 4 rings (SSSR count). The highest BCUT2D eigenvalue weighted by Crippen LogP contribution is 2.36. The van der Waals surface area contributed by atoms with Gasteiger partial charge in [0.05, 0.1) is 17.9 Å². The van der Waals surface area contributed by atoms with E-state index in [0.29, 0.717) is 23.4 Å². The second-order valence-corrected chi connectivity index (χ2v) is 8.98. The SMILES string of the molecule is CC(=O)Nc1cccc(-c2nc(C(F)(F)F)n3c2CN(C(=O)CC(N)Cc2cc(F)c(F)cc2F)CC3)c1.Cl. The molecule has 0 bridgehead atoms. The second kappa shape index (κ2) is 11.7. The molecule has 2 heterocycles. The maximum absolute atomic E-state index is 14.0. The fraction of sp³-hybridized carbons (Fsp3) is 0.320. The van der Waals surface area contributed by atoms with Crippen LogP contribution in [0.3, 0.4) is 0 Å². The van der Waals surface area contributed by atoms with Crippen LogP contribution in [0.4, 0.5) is 32.0 Å². The first-order valence-electron chi connectivity index (χ1n) is 11.5. The summed E-state index contributed by atoms with van der Waals surface area (Å²) in [6.07, 6.45) is -5.29. The van der Waals surface area contributed by atoms with Gasteiger partial charge < -0.3 is 20.5 Å². The minimum atomic E-state index is -4.74. The van der Waals surface area contributed by atoms with Crippen molar-refractivity contribution in [1.29, 1.82) is 0 Å². The summed E-state index contributed by atoms with van der Waals surface area (Å²) in [7, 11) is 0. The third-order valence-corrected chi connectivity index (χ3v) is 6.08. The van der Waals surface area contributed by atoms with Crippen LogP contribution in [0.1, 0.15) is 30.4 Å². The molecule has 1 aliphatic heterocycles. The van der Waals surface area contributed by atoms with Crippen LogP contribution in [0.15, 0.2) is 36.4 Å². The van der Waals surface area contributed by atoms with E-state index in [1.165, 1.54) is 17.9 Å². The summed E-state index contributed by atoms with van der Waals surface area (Å²) in [6.45, 7) is 0.861. The molecule has 210 valence electrons. The van der Waals surface area contributed by atoms with Gasteiger partial charge in [0.1, 0.15) is 5.82 Å². The normalized spacial score (nSPS) is 13.9. The molecule has 1 atom stereocenters. The topological polar surface area (TPSA) is 93.2 Å². The summed E-state index contributed by atoms with van der Waals surface area (Å²) in [6, 6.07) is 6.28. The van der Waals surface area contributed by atoms with Crippen LogP contribution in [-0.4, -0.2) is 38.9 Å². The number of nitrogens with zero attached hydrogens (tertiary/aromatic N) is 3. The number of fused-ring (bicyclic) bond motifs is 1. The highest BCUT2D eigenvalue weighted by Gasteiger charge is 2.41. The Balaban J connectivity index is 0.00000420. The van der Waals surface area contributed by atoms with Crippen molar-refractivity contribution in [3.8, 4) is 11.3 Å². The molecule has 0 saturated heterocycles. The van der Waals surface area contributed by atoms with E-state index in [9.17, 15) is 35.9 Å².